The number of amidine groups is 1. The summed E-state index contributed by atoms with van der Waals surface area (Å²) in [7, 11) is 0. The maximum atomic E-state index is 6.41. The summed E-state index contributed by atoms with van der Waals surface area (Å²) in [5.74, 6) is 0.412. The van der Waals surface area contributed by atoms with Gasteiger partial charge in [-0.2, -0.15) is 0 Å². The molecule has 0 unspecified atom stereocenters. The molecule has 136 valence electrons. The number of rotatable bonds is 5. The minimum Gasteiger partial charge on any atom is -0.383 e. The molecule has 3 aromatic rings. The zero-order valence-electron chi connectivity index (χ0n) is 15.4. The Bertz CT molecular complexity index is 990. The lowest BCUT2D eigenvalue weighted by molar-refractivity contribution is 0.966. The Kier molecular flexibility index (Phi) is 5.99. The van der Waals surface area contributed by atoms with Gasteiger partial charge in [0.05, 0.1) is 17.9 Å². The summed E-state index contributed by atoms with van der Waals surface area (Å²) in [4.78, 5) is 13.5. The molecular weight excluding hydrogens is 356 g/mol. The highest BCUT2D eigenvalue weighted by molar-refractivity contribution is 6.65. The zero-order valence-corrected chi connectivity index (χ0v) is 16.1. The van der Waals surface area contributed by atoms with Crippen LogP contribution in [0.25, 0.3) is 11.1 Å². The molecule has 0 atom stereocenters. The second-order valence-corrected chi connectivity index (χ2v) is 6.69. The highest BCUT2D eigenvalue weighted by Gasteiger charge is 2.14. The standard InChI is InChI=1S/C22H21ClN4/c1-15-8-6-11-18(26-15)14-25-22(24)21-19(17-9-4-3-5-10-17)12-7-13-20(21)27-16(2)23/h3-13H,14H2,1-2H3,(H2,24,25). The first-order valence-electron chi connectivity index (χ1n) is 8.66. The van der Waals surface area contributed by atoms with E-state index in [4.69, 9.17) is 17.3 Å². The molecule has 27 heavy (non-hydrogen) atoms. The molecule has 0 aliphatic carbocycles. The minimum absolute atomic E-state index is 0.402. The molecule has 2 aromatic carbocycles. The van der Waals surface area contributed by atoms with Crippen molar-refractivity contribution in [3.05, 3.63) is 83.7 Å². The van der Waals surface area contributed by atoms with E-state index in [-0.39, 0.29) is 0 Å². The van der Waals surface area contributed by atoms with E-state index in [1.807, 2.05) is 73.7 Å². The van der Waals surface area contributed by atoms with Crippen LogP contribution in [0.2, 0.25) is 0 Å². The van der Waals surface area contributed by atoms with Gasteiger partial charge in [0, 0.05) is 11.3 Å². The lowest BCUT2D eigenvalue weighted by atomic mass is 9.97. The third kappa shape index (κ3) is 4.80. The first-order chi connectivity index (χ1) is 13.0. The zero-order chi connectivity index (χ0) is 19.2. The summed E-state index contributed by atoms with van der Waals surface area (Å²) in [6.45, 7) is 4.10. The van der Waals surface area contributed by atoms with Crippen molar-refractivity contribution in [2.45, 2.75) is 20.4 Å². The molecule has 0 amide bonds. The normalized spacial score (nSPS) is 12.3. The van der Waals surface area contributed by atoms with E-state index in [1.165, 1.54) is 0 Å². The van der Waals surface area contributed by atoms with Crippen molar-refractivity contribution >= 4 is 28.3 Å². The van der Waals surface area contributed by atoms with Crippen LogP contribution in [0.5, 0.6) is 0 Å². The van der Waals surface area contributed by atoms with Crippen LogP contribution in [0, 0.1) is 6.92 Å². The molecule has 3 rings (SSSR count). The molecule has 5 heteroatoms. The van der Waals surface area contributed by atoms with Gasteiger partial charge in [0.25, 0.3) is 0 Å². The number of nitrogens with two attached hydrogens (primary N) is 1. The molecule has 4 nitrogen and oxygen atoms in total. The Morgan fingerprint density at radius 3 is 2.44 bits per heavy atom. The number of aryl methyl sites for hydroxylation is 1. The third-order valence-electron chi connectivity index (χ3n) is 4.02. The lowest BCUT2D eigenvalue weighted by Crippen LogP contribution is -2.15. The van der Waals surface area contributed by atoms with Gasteiger partial charge in [-0.3, -0.25) is 9.98 Å². The molecule has 0 saturated heterocycles. The van der Waals surface area contributed by atoms with Gasteiger partial charge >= 0.3 is 0 Å². The van der Waals surface area contributed by atoms with Crippen LogP contribution in [-0.4, -0.2) is 16.0 Å². The van der Waals surface area contributed by atoms with Crippen LogP contribution < -0.4 is 5.73 Å². The van der Waals surface area contributed by atoms with Gasteiger partial charge in [-0.15, -0.1) is 0 Å². The molecule has 0 fully saturated rings. The molecule has 0 bridgehead atoms. The van der Waals surface area contributed by atoms with Crippen molar-refractivity contribution in [1.29, 1.82) is 0 Å². The topological polar surface area (TPSA) is 63.6 Å². The number of benzene rings is 2. The quantitative estimate of drug-likeness (QED) is 0.488. The number of hydrogen-bond acceptors (Lipinski definition) is 3. The molecule has 1 aromatic heterocycles. The Hall–Kier alpha value is -2.98. The van der Waals surface area contributed by atoms with Gasteiger partial charge in [0.15, 0.2) is 0 Å². The molecule has 0 saturated carbocycles. The number of halogens is 1. The fourth-order valence-corrected chi connectivity index (χ4v) is 2.95. The fourth-order valence-electron chi connectivity index (χ4n) is 2.86. The van der Waals surface area contributed by atoms with Gasteiger partial charge in [-0.05, 0) is 43.2 Å². The monoisotopic (exact) mass is 376 g/mol. The summed E-state index contributed by atoms with van der Waals surface area (Å²) in [6, 6.07) is 21.7. The largest absolute Gasteiger partial charge is 0.383 e. The lowest BCUT2D eigenvalue weighted by Gasteiger charge is -2.13. The van der Waals surface area contributed by atoms with E-state index < -0.39 is 0 Å². The summed E-state index contributed by atoms with van der Waals surface area (Å²) < 4.78 is 0. The van der Waals surface area contributed by atoms with Crippen LogP contribution in [0.1, 0.15) is 23.9 Å². The summed E-state index contributed by atoms with van der Waals surface area (Å²) in [5.41, 5.74) is 11.7. The SMILES string of the molecule is CC(Cl)=Nc1cccc(-c2ccccc2)c1C(N)=NCc1cccc(C)n1. The van der Waals surface area contributed by atoms with Crippen molar-refractivity contribution < 1.29 is 0 Å². The van der Waals surface area contributed by atoms with Gasteiger partial charge in [-0.1, -0.05) is 60.1 Å². The van der Waals surface area contributed by atoms with Crippen LogP contribution in [0.15, 0.2) is 76.7 Å². The van der Waals surface area contributed by atoms with E-state index >= 15 is 0 Å². The van der Waals surface area contributed by atoms with Crippen molar-refractivity contribution in [3.63, 3.8) is 0 Å². The molecule has 2 N–H and O–H groups in total. The van der Waals surface area contributed by atoms with E-state index in [0.29, 0.717) is 23.2 Å². The number of aromatic nitrogens is 1. The molecule has 0 radical (unpaired) electrons. The predicted octanol–water partition coefficient (Wildman–Crippen LogP) is 5.25. The molecular formula is C22H21ClN4. The average molecular weight is 377 g/mol. The summed E-state index contributed by atoms with van der Waals surface area (Å²) >= 11 is 6.04. The fraction of sp³-hybridized carbons (Fsp3) is 0.136. The van der Waals surface area contributed by atoms with E-state index in [2.05, 4.69) is 15.0 Å². The smallest absolute Gasteiger partial charge is 0.128 e. The maximum absolute atomic E-state index is 6.41. The Morgan fingerprint density at radius 2 is 1.74 bits per heavy atom. The highest BCUT2D eigenvalue weighted by Crippen LogP contribution is 2.31. The van der Waals surface area contributed by atoms with Crippen molar-refractivity contribution in [2.75, 3.05) is 0 Å². The van der Waals surface area contributed by atoms with E-state index in [1.54, 1.807) is 6.92 Å². The van der Waals surface area contributed by atoms with Gasteiger partial charge in [0.1, 0.15) is 11.0 Å². The number of hydrogen-bond donors (Lipinski definition) is 1. The van der Waals surface area contributed by atoms with E-state index in [0.717, 1.165) is 28.1 Å². The second kappa shape index (κ2) is 8.60. The summed E-state index contributed by atoms with van der Waals surface area (Å²) in [5, 5.41) is 0.439. The van der Waals surface area contributed by atoms with Crippen LogP contribution in [0.3, 0.4) is 0 Å². The Morgan fingerprint density at radius 1 is 1.00 bits per heavy atom. The Balaban J connectivity index is 2.08. The van der Waals surface area contributed by atoms with Gasteiger partial charge in [-0.25, -0.2) is 4.99 Å². The first kappa shape index (κ1) is 18.8. The van der Waals surface area contributed by atoms with E-state index in [9.17, 15) is 0 Å². The number of nitrogens with zero attached hydrogens (tertiary/aromatic N) is 3. The molecule has 0 aliphatic rings. The third-order valence-corrected chi connectivity index (χ3v) is 4.10. The van der Waals surface area contributed by atoms with Gasteiger partial charge in [0.2, 0.25) is 0 Å². The van der Waals surface area contributed by atoms with Gasteiger partial charge < -0.3 is 5.73 Å². The first-order valence-corrected chi connectivity index (χ1v) is 9.04. The van der Waals surface area contributed by atoms with Crippen LogP contribution in [-0.2, 0) is 6.54 Å². The molecule has 0 aliphatic heterocycles. The second-order valence-electron chi connectivity index (χ2n) is 6.15. The Labute approximate surface area is 164 Å². The maximum Gasteiger partial charge on any atom is 0.128 e. The average Bonchev–Trinajstić information content (AvgIpc) is 2.66. The molecule has 0 spiro atoms. The summed E-state index contributed by atoms with van der Waals surface area (Å²) in [6.07, 6.45) is 0. The number of pyridine rings is 1. The minimum atomic E-state index is 0.402. The van der Waals surface area contributed by atoms with Crippen molar-refractivity contribution in [1.82, 2.24) is 4.98 Å². The highest BCUT2D eigenvalue weighted by atomic mass is 35.5. The predicted molar refractivity (Wildman–Crippen MR) is 114 cm³/mol. The van der Waals surface area contributed by atoms with Crippen LogP contribution in [0.4, 0.5) is 5.69 Å². The molecule has 1 heterocycles. The number of aliphatic imine (C=N–C) groups is 2. The van der Waals surface area contributed by atoms with Crippen molar-refractivity contribution in [2.24, 2.45) is 15.7 Å². The van der Waals surface area contributed by atoms with Crippen molar-refractivity contribution in [3.8, 4) is 11.1 Å². The van der Waals surface area contributed by atoms with Crippen LogP contribution >= 0.6 is 11.6 Å².